The highest BCUT2D eigenvalue weighted by Crippen LogP contribution is 2.45. The molecule has 0 aromatic heterocycles. The maximum absolute atomic E-state index is 11.9. The van der Waals surface area contributed by atoms with E-state index in [2.05, 4.69) is 20.8 Å². The molecule has 8 nitrogen and oxygen atoms in total. The normalized spacial score (nSPS) is 48.8. The number of rotatable bonds is 2. The molecule has 1 N–H and O–H groups in total. The van der Waals surface area contributed by atoms with Crippen molar-refractivity contribution >= 4 is 5.97 Å². The molecule has 0 amide bonds. The van der Waals surface area contributed by atoms with Gasteiger partial charge in [0.05, 0.1) is 11.7 Å². The number of fused-ring (bicyclic) bond motifs is 2. The number of cyclic esters (lactones) is 1. The molecule has 186 valence electrons. The molecule has 8 heteroatoms. The Bertz CT molecular complexity index is 708. The summed E-state index contributed by atoms with van der Waals surface area (Å²) in [6, 6.07) is 0. The van der Waals surface area contributed by atoms with Crippen LogP contribution in [0.4, 0.5) is 0 Å². The quantitative estimate of drug-likeness (QED) is 0.629. The van der Waals surface area contributed by atoms with Crippen LogP contribution >= 0.6 is 0 Å². The zero-order valence-corrected chi connectivity index (χ0v) is 21.3. The van der Waals surface area contributed by atoms with E-state index in [1.807, 2.05) is 48.5 Å². The van der Waals surface area contributed by atoms with Crippen LogP contribution < -0.4 is 0 Å². The van der Waals surface area contributed by atoms with Gasteiger partial charge >= 0.3 is 5.97 Å². The van der Waals surface area contributed by atoms with E-state index in [-0.39, 0.29) is 41.7 Å². The zero-order valence-electron chi connectivity index (χ0n) is 21.3. The van der Waals surface area contributed by atoms with Crippen molar-refractivity contribution in [3.05, 3.63) is 0 Å². The largest absolute Gasteiger partial charge is 0.457 e. The molecule has 9 atom stereocenters. The Balaban J connectivity index is 0.000000181. The number of aliphatic hydroxyl groups excluding tert-OH is 1. The summed E-state index contributed by atoms with van der Waals surface area (Å²) >= 11 is 0. The van der Waals surface area contributed by atoms with Crippen LogP contribution in [0.25, 0.3) is 0 Å². The molecule has 4 heterocycles. The van der Waals surface area contributed by atoms with Gasteiger partial charge in [0.1, 0.15) is 17.8 Å². The van der Waals surface area contributed by atoms with E-state index in [0.717, 1.165) is 12.8 Å². The summed E-state index contributed by atoms with van der Waals surface area (Å²) < 4.78 is 34.1. The summed E-state index contributed by atoms with van der Waals surface area (Å²) in [5.41, 5.74) is -0.785. The molecule has 4 saturated heterocycles. The van der Waals surface area contributed by atoms with Gasteiger partial charge in [0.15, 0.2) is 24.0 Å². The summed E-state index contributed by atoms with van der Waals surface area (Å²) in [6.45, 7) is 19.6. The third kappa shape index (κ3) is 4.59. The first-order valence-corrected chi connectivity index (χ1v) is 11.9. The third-order valence-electron chi connectivity index (χ3n) is 7.85. The lowest BCUT2D eigenvalue weighted by molar-refractivity contribution is -0.279. The lowest BCUT2D eigenvalue weighted by Crippen LogP contribution is -2.57. The van der Waals surface area contributed by atoms with Crippen molar-refractivity contribution in [3.63, 3.8) is 0 Å². The van der Waals surface area contributed by atoms with Gasteiger partial charge in [-0.1, -0.05) is 27.7 Å². The average Bonchev–Trinajstić information content (AvgIpc) is 3.21. The maximum atomic E-state index is 11.9. The van der Waals surface area contributed by atoms with Crippen molar-refractivity contribution in [1.82, 2.24) is 0 Å². The molecule has 0 bridgehead atoms. The van der Waals surface area contributed by atoms with Crippen LogP contribution in [0.1, 0.15) is 82.1 Å². The SMILES string of the molecule is CC[C@]1(C)OC(=O)[C@@H]2OC(C)(C)O[C@@H]2[C@H]1C.CC[C@]1(C)OC(O)[C@@H]2OC(C)(C)O[C@@H]2[C@H]1C. The predicted molar refractivity (Wildman–Crippen MR) is 117 cm³/mol. The highest BCUT2D eigenvalue weighted by Gasteiger charge is 2.58. The lowest BCUT2D eigenvalue weighted by Gasteiger charge is -2.46. The van der Waals surface area contributed by atoms with Gasteiger partial charge < -0.3 is 33.5 Å². The van der Waals surface area contributed by atoms with E-state index in [1.165, 1.54) is 0 Å². The number of carbonyl (C=O) groups is 1. The molecule has 4 fully saturated rings. The molecule has 1 unspecified atom stereocenters. The Morgan fingerprint density at radius 3 is 1.75 bits per heavy atom. The smallest absolute Gasteiger partial charge is 0.338 e. The van der Waals surface area contributed by atoms with Crippen molar-refractivity contribution in [2.24, 2.45) is 11.8 Å². The monoisotopic (exact) mass is 458 g/mol. The first-order chi connectivity index (χ1) is 14.6. The van der Waals surface area contributed by atoms with Crippen molar-refractivity contribution in [1.29, 1.82) is 0 Å². The van der Waals surface area contributed by atoms with Gasteiger partial charge in [-0.3, -0.25) is 0 Å². The van der Waals surface area contributed by atoms with Crippen LogP contribution in [0.2, 0.25) is 0 Å². The van der Waals surface area contributed by atoms with Gasteiger partial charge in [0.25, 0.3) is 0 Å². The second-order valence-corrected chi connectivity index (χ2v) is 10.9. The van der Waals surface area contributed by atoms with Crippen molar-refractivity contribution in [3.8, 4) is 0 Å². The second kappa shape index (κ2) is 8.47. The van der Waals surface area contributed by atoms with Gasteiger partial charge in [-0.05, 0) is 54.4 Å². The molecule has 0 aromatic carbocycles. The summed E-state index contributed by atoms with van der Waals surface area (Å²) in [6.07, 6.45) is -0.488. The molecule has 32 heavy (non-hydrogen) atoms. The number of hydrogen-bond acceptors (Lipinski definition) is 8. The third-order valence-corrected chi connectivity index (χ3v) is 7.85. The van der Waals surface area contributed by atoms with Crippen LogP contribution in [0.15, 0.2) is 0 Å². The Kier molecular flexibility index (Phi) is 6.84. The minimum Gasteiger partial charge on any atom is -0.457 e. The molecule has 4 rings (SSSR count). The molecule has 0 saturated carbocycles. The van der Waals surface area contributed by atoms with Crippen LogP contribution in [0.5, 0.6) is 0 Å². The molecule has 0 radical (unpaired) electrons. The molecule has 4 aliphatic heterocycles. The number of hydrogen-bond donors (Lipinski definition) is 1. The molecule has 4 aliphatic rings. The Hall–Kier alpha value is -0.770. The van der Waals surface area contributed by atoms with E-state index in [4.69, 9.17) is 28.4 Å². The number of esters is 1. The fourth-order valence-corrected chi connectivity index (χ4v) is 5.09. The van der Waals surface area contributed by atoms with Gasteiger partial charge in [-0.2, -0.15) is 0 Å². The fourth-order valence-electron chi connectivity index (χ4n) is 5.09. The Morgan fingerprint density at radius 2 is 1.19 bits per heavy atom. The van der Waals surface area contributed by atoms with Crippen molar-refractivity contribution in [2.45, 2.75) is 136 Å². The van der Waals surface area contributed by atoms with Gasteiger partial charge in [-0.15, -0.1) is 0 Å². The standard InChI is InChI=1S/C12H22O4.C12H20O4/c2*1-6-12(5)7(2)8-9(10(13)16-12)15-11(3,4)14-8/h7-10,13H,6H2,1-5H3;7-9H,6H2,1-5H3/t7-,8-,9-,10?,12+;7-,8-,9-,12+/m11/s1. The summed E-state index contributed by atoms with van der Waals surface area (Å²) in [5.74, 6) is -1.28. The zero-order chi connectivity index (χ0) is 24.3. The van der Waals surface area contributed by atoms with E-state index in [0.29, 0.717) is 0 Å². The van der Waals surface area contributed by atoms with Crippen LogP contribution in [0, 0.1) is 11.8 Å². The fraction of sp³-hybridized carbons (Fsp3) is 0.958. The molecule has 0 aliphatic carbocycles. The summed E-state index contributed by atoms with van der Waals surface area (Å²) in [4.78, 5) is 11.9. The lowest BCUT2D eigenvalue weighted by atomic mass is 9.79. The number of carbonyl (C=O) groups excluding carboxylic acids is 1. The van der Waals surface area contributed by atoms with Crippen LogP contribution in [-0.4, -0.2) is 64.6 Å². The minimum atomic E-state index is -0.895. The number of ether oxygens (including phenoxy) is 6. The Labute approximate surface area is 192 Å². The van der Waals surface area contributed by atoms with Gasteiger partial charge in [-0.25, -0.2) is 4.79 Å². The first kappa shape index (κ1) is 25.8. The molecule has 0 aromatic rings. The minimum absolute atomic E-state index is 0.0938. The second-order valence-electron chi connectivity index (χ2n) is 10.9. The topological polar surface area (TPSA) is 92.7 Å². The highest BCUT2D eigenvalue weighted by molar-refractivity contribution is 5.77. The van der Waals surface area contributed by atoms with Crippen molar-refractivity contribution < 1.29 is 38.3 Å². The van der Waals surface area contributed by atoms with Gasteiger partial charge in [0, 0.05) is 11.8 Å². The van der Waals surface area contributed by atoms with E-state index < -0.39 is 29.6 Å². The van der Waals surface area contributed by atoms with Crippen LogP contribution in [0.3, 0.4) is 0 Å². The summed E-state index contributed by atoms with van der Waals surface area (Å²) in [7, 11) is 0. The summed E-state index contributed by atoms with van der Waals surface area (Å²) in [5, 5.41) is 9.97. The highest BCUT2D eigenvalue weighted by atomic mass is 16.8. The van der Waals surface area contributed by atoms with Crippen molar-refractivity contribution in [2.75, 3.05) is 0 Å². The Morgan fingerprint density at radius 1 is 0.719 bits per heavy atom. The molecular formula is C24H42O8. The van der Waals surface area contributed by atoms with E-state index in [1.54, 1.807) is 0 Å². The van der Waals surface area contributed by atoms with E-state index in [9.17, 15) is 9.90 Å². The van der Waals surface area contributed by atoms with Crippen LogP contribution in [-0.2, 0) is 33.2 Å². The van der Waals surface area contributed by atoms with E-state index >= 15 is 0 Å². The first-order valence-electron chi connectivity index (χ1n) is 11.9. The van der Waals surface area contributed by atoms with Gasteiger partial charge in [0.2, 0.25) is 0 Å². The average molecular weight is 459 g/mol. The predicted octanol–water partition coefficient (Wildman–Crippen LogP) is 3.53. The molecule has 0 spiro atoms. The molecular weight excluding hydrogens is 416 g/mol. The number of aliphatic hydroxyl groups is 1. The maximum Gasteiger partial charge on any atom is 0.338 e.